The summed E-state index contributed by atoms with van der Waals surface area (Å²) in [6.07, 6.45) is 3.96. The van der Waals surface area contributed by atoms with Gasteiger partial charge in [-0.25, -0.2) is 9.78 Å². The molecule has 0 bridgehead atoms. The van der Waals surface area contributed by atoms with Gasteiger partial charge in [-0.05, 0) is 25.2 Å². The second kappa shape index (κ2) is 5.69. The standard InChI is InChI=1S/C13H20N2O2S/c1-8-5-4-6-10(8)7-14-13-15-9(2)11(18-13)12(16)17-3/h8,10H,4-7H2,1-3H3,(H,14,15). The third-order valence-electron chi connectivity index (χ3n) is 3.72. The Morgan fingerprint density at radius 2 is 2.33 bits per heavy atom. The fourth-order valence-electron chi connectivity index (χ4n) is 2.50. The van der Waals surface area contributed by atoms with Crippen LogP contribution in [0, 0.1) is 18.8 Å². The number of methoxy groups -OCH3 is 1. The smallest absolute Gasteiger partial charge is 0.350 e. The number of ether oxygens (including phenoxy) is 1. The van der Waals surface area contributed by atoms with Crippen LogP contribution in [-0.2, 0) is 4.74 Å². The Labute approximate surface area is 112 Å². The minimum Gasteiger partial charge on any atom is -0.465 e. The highest BCUT2D eigenvalue weighted by molar-refractivity contribution is 7.17. The number of esters is 1. The summed E-state index contributed by atoms with van der Waals surface area (Å²) in [6, 6.07) is 0. The monoisotopic (exact) mass is 268 g/mol. The molecule has 1 aliphatic rings. The van der Waals surface area contributed by atoms with Gasteiger partial charge in [0.25, 0.3) is 0 Å². The number of aromatic nitrogens is 1. The molecule has 4 nitrogen and oxygen atoms in total. The van der Waals surface area contributed by atoms with Crippen molar-refractivity contribution in [2.45, 2.75) is 33.1 Å². The van der Waals surface area contributed by atoms with Crippen molar-refractivity contribution >= 4 is 22.4 Å². The van der Waals surface area contributed by atoms with Gasteiger partial charge in [0, 0.05) is 6.54 Å². The van der Waals surface area contributed by atoms with Crippen LogP contribution in [0.25, 0.3) is 0 Å². The van der Waals surface area contributed by atoms with E-state index >= 15 is 0 Å². The molecule has 2 atom stereocenters. The lowest BCUT2D eigenvalue weighted by atomic mass is 9.98. The van der Waals surface area contributed by atoms with Gasteiger partial charge in [-0.3, -0.25) is 0 Å². The maximum Gasteiger partial charge on any atom is 0.350 e. The van der Waals surface area contributed by atoms with Gasteiger partial charge in [-0.15, -0.1) is 0 Å². The molecular formula is C13H20N2O2S. The lowest BCUT2D eigenvalue weighted by molar-refractivity contribution is 0.0605. The molecule has 2 rings (SSSR count). The normalized spacial score (nSPS) is 23.1. The average Bonchev–Trinajstić information content (AvgIpc) is 2.92. The minimum absolute atomic E-state index is 0.299. The number of anilines is 1. The molecule has 5 heteroatoms. The molecule has 1 aromatic heterocycles. The highest BCUT2D eigenvalue weighted by Crippen LogP contribution is 2.32. The van der Waals surface area contributed by atoms with Crippen LogP contribution >= 0.6 is 11.3 Å². The predicted molar refractivity (Wildman–Crippen MR) is 73.2 cm³/mol. The predicted octanol–water partition coefficient (Wildman–Crippen LogP) is 3.09. The molecular weight excluding hydrogens is 248 g/mol. The molecule has 1 aliphatic carbocycles. The summed E-state index contributed by atoms with van der Waals surface area (Å²) >= 11 is 1.38. The molecule has 0 radical (unpaired) electrons. The van der Waals surface area contributed by atoms with Crippen LogP contribution in [0.4, 0.5) is 5.13 Å². The van der Waals surface area contributed by atoms with E-state index < -0.39 is 0 Å². The van der Waals surface area contributed by atoms with Crippen molar-refractivity contribution in [3.8, 4) is 0 Å². The van der Waals surface area contributed by atoms with Crippen LogP contribution in [0.15, 0.2) is 0 Å². The molecule has 0 spiro atoms. The van der Waals surface area contributed by atoms with Gasteiger partial charge in [0.2, 0.25) is 0 Å². The van der Waals surface area contributed by atoms with Crippen LogP contribution in [0.1, 0.15) is 41.6 Å². The summed E-state index contributed by atoms with van der Waals surface area (Å²) in [5.41, 5.74) is 0.744. The van der Waals surface area contributed by atoms with Gasteiger partial charge in [0.05, 0.1) is 12.8 Å². The number of rotatable bonds is 4. The molecule has 1 fully saturated rings. The molecule has 100 valence electrons. The van der Waals surface area contributed by atoms with Gasteiger partial charge in [0.1, 0.15) is 4.88 Å². The van der Waals surface area contributed by atoms with E-state index in [9.17, 15) is 4.79 Å². The molecule has 0 aromatic carbocycles. The first-order valence-electron chi connectivity index (χ1n) is 6.41. The Bertz CT molecular complexity index is 431. The third-order valence-corrected chi connectivity index (χ3v) is 4.82. The van der Waals surface area contributed by atoms with Gasteiger partial charge < -0.3 is 10.1 Å². The van der Waals surface area contributed by atoms with Crippen LogP contribution in [0.3, 0.4) is 0 Å². The molecule has 1 aromatic rings. The van der Waals surface area contributed by atoms with E-state index in [4.69, 9.17) is 4.74 Å². The van der Waals surface area contributed by atoms with Gasteiger partial charge in [-0.2, -0.15) is 0 Å². The first-order valence-corrected chi connectivity index (χ1v) is 7.23. The van der Waals surface area contributed by atoms with E-state index in [0.29, 0.717) is 4.88 Å². The number of carbonyl (C=O) groups is 1. The zero-order valence-corrected chi connectivity index (χ0v) is 12.0. The van der Waals surface area contributed by atoms with Crippen molar-refractivity contribution in [2.75, 3.05) is 19.0 Å². The van der Waals surface area contributed by atoms with Gasteiger partial charge in [0.15, 0.2) is 5.13 Å². The fourth-order valence-corrected chi connectivity index (χ4v) is 3.39. The number of hydrogen-bond acceptors (Lipinski definition) is 5. The molecule has 1 heterocycles. The van der Waals surface area contributed by atoms with Crippen molar-refractivity contribution in [1.29, 1.82) is 0 Å². The van der Waals surface area contributed by atoms with E-state index in [2.05, 4.69) is 17.2 Å². The van der Waals surface area contributed by atoms with Gasteiger partial charge in [-0.1, -0.05) is 31.1 Å². The molecule has 18 heavy (non-hydrogen) atoms. The highest BCUT2D eigenvalue weighted by Gasteiger charge is 2.23. The zero-order chi connectivity index (χ0) is 13.1. The number of nitrogens with zero attached hydrogens (tertiary/aromatic N) is 1. The van der Waals surface area contributed by atoms with Crippen molar-refractivity contribution in [1.82, 2.24) is 4.98 Å². The second-order valence-corrected chi connectivity index (χ2v) is 5.97. The topological polar surface area (TPSA) is 51.2 Å². The van der Waals surface area contributed by atoms with Crippen molar-refractivity contribution in [3.63, 3.8) is 0 Å². The number of thiazole rings is 1. The van der Waals surface area contributed by atoms with E-state index in [1.54, 1.807) is 0 Å². The lowest BCUT2D eigenvalue weighted by Gasteiger charge is -2.15. The Kier molecular flexibility index (Phi) is 4.22. The Morgan fingerprint density at radius 3 is 2.94 bits per heavy atom. The SMILES string of the molecule is COC(=O)c1sc(NCC2CCCC2C)nc1C. The van der Waals surface area contributed by atoms with Crippen LogP contribution in [-0.4, -0.2) is 24.6 Å². The molecule has 0 amide bonds. The first-order chi connectivity index (χ1) is 8.61. The average molecular weight is 268 g/mol. The summed E-state index contributed by atoms with van der Waals surface area (Å²) in [5, 5.41) is 4.18. The minimum atomic E-state index is -0.299. The van der Waals surface area contributed by atoms with Crippen molar-refractivity contribution < 1.29 is 9.53 Å². The molecule has 1 N–H and O–H groups in total. The fraction of sp³-hybridized carbons (Fsp3) is 0.692. The van der Waals surface area contributed by atoms with E-state index in [1.165, 1.54) is 37.7 Å². The van der Waals surface area contributed by atoms with Crippen LogP contribution in [0.5, 0.6) is 0 Å². The Balaban J connectivity index is 1.95. The number of carbonyl (C=O) groups excluding carboxylic acids is 1. The first kappa shape index (κ1) is 13.3. The van der Waals surface area contributed by atoms with E-state index in [1.807, 2.05) is 6.92 Å². The zero-order valence-electron chi connectivity index (χ0n) is 11.2. The molecule has 0 aliphatic heterocycles. The molecule has 0 saturated heterocycles. The van der Waals surface area contributed by atoms with Crippen LogP contribution in [0.2, 0.25) is 0 Å². The quantitative estimate of drug-likeness (QED) is 0.853. The second-order valence-electron chi connectivity index (χ2n) is 4.97. The van der Waals surface area contributed by atoms with Crippen molar-refractivity contribution in [2.24, 2.45) is 11.8 Å². The molecule has 1 saturated carbocycles. The maximum absolute atomic E-state index is 11.5. The van der Waals surface area contributed by atoms with Crippen molar-refractivity contribution in [3.05, 3.63) is 10.6 Å². The number of nitrogens with one attached hydrogen (secondary N) is 1. The number of aryl methyl sites for hydroxylation is 1. The van der Waals surface area contributed by atoms with E-state index in [-0.39, 0.29) is 5.97 Å². The third kappa shape index (κ3) is 2.83. The summed E-state index contributed by atoms with van der Waals surface area (Å²) < 4.78 is 4.73. The van der Waals surface area contributed by atoms with Gasteiger partial charge >= 0.3 is 5.97 Å². The van der Waals surface area contributed by atoms with Crippen LogP contribution < -0.4 is 5.32 Å². The summed E-state index contributed by atoms with van der Waals surface area (Å²) in [4.78, 5) is 16.4. The Morgan fingerprint density at radius 1 is 1.56 bits per heavy atom. The highest BCUT2D eigenvalue weighted by atomic mass is 32.1. The maximum atomic E-state index is 11.5. The van der Waals surface area contributed by atoms with E-state index in [0.717, 1.165) is 29.2 Å². The summed E-state index contributed by atoms with van der Waals surface area (Å²) in [5.74, 6) is 1.22. The molecule has 2 unspecified atom stereocenters. The lowest BCUT2D eigenvalue weighted by Crippen LogP contribution is -2.16. The Hall–Kier alpha value is -1.10. The largest absolute Gasteiger partial charge is 0.465 e. The number of hydrogen-bond donors (Lipinski definition) is 1. The summed E-state index contributed by atoms with van der Waals surface area (Å²) in [6.45, 7) is 5.10. The summed E-state index contributed by atoms with van der Waals surface area (Å²) in [7, 11) is 1.40.